The second kappa shape index (κ2) is 8.93. The van der Waals surface area contributed by atoms with Crippen molar-refractivity contribution in [2.24, 2.45) is 0 Å². The van der Waals surface area contributed by atoms with Gasteiger partial charge in [-0.25, -0.2) is 0 Å². The molecule has 2 aromatic rings. The fourth-order valence-corrected chi connectivity index (χ4v) is 2.13. The van der Waals surface area contributed by atoms with Crippen molar-refractivity contribution in [2.75, 3.05) is 0 Å². The third kappa shape index (κ3) is 5.25. The lowest BCUT2D eigenvalue weighted by molar-refractivity contribution is -0.110. The number of rotatable bonds is 7. The molecule has 0 saturated heterocycles. The zero-order valence-electron chi connectivity index (χ0n) is 13.3. The van der Waals surface area contributed by atoms with Crippen molar-refractivity contribution in [1.82, 2.24) is 0 Å². The van der Waals surface area contributed by atoms with E-state index in [9.17, 15) is 19.5 Å². The SMILES string of the molecule is O=Cc1ccccc1/C=C/C(=O)/C=C(O)/C=C/c1ccccc1C=O. The molecule has 2 aromatic carbocycles. The summed E-state index contributed by atoms with van der Waals surface area (Å²) in [7, 11) is 0. The summed E-state index contributed by atoms with van der Waals surface area (Å²) in [4.78, 5) is 33.7. The van der Waals surface area contributed by atoms with Crippen LogP contribution in [-0.2, 0) is 4.79 Å². The van der Waals surface area contributed by atoms with Gasteiger partial charge in [0.15, 0.2) is 18.4 Å². The van der Waals surface area contributed by atoms with Crippen molar-refractivity contribution >= 4 is 30.5 Å². The molecule has 0 atom stereocenters. The Morgan fingerprint density at radius 2 is 1.16 bits per heavy atom. The average Bonchev–Trinajstić information content (AvgIpc) is 2.65. The van der Waals surface area contributed by atoms with E-state index in [2.05, 4.69) is 0 Å². The van der Waals surface area contributed by atoms with Gasteiger partial charge >= 0.3 is 0 Å². The van der Waals surface area contributed by atoms with Crippen LogP contribution in [-0.4, -0.2) is 23.5 Å². The maximum absolute atomic E-state index is 11.9. The number of carbonyl (C=O) groups is 3. The van der Waals surface area contributed by atoms with Crippen molar-refractivity contribution in [3.05, 3.63) is 94.8 Å². The average molecular weight is 332 g/mol. The van der Waals surface area contributed by atoms with E-state index in [1.54, 1.807) is 54.6 Å². The summed E-state index contributed by atoms with van der Waals surface area (Å²) in [6.07, 6.45) is 8.16. The fraction of sp³-hybridized carbons (Fsp3) is 0. The molecule has 0 saturated carbocycles. The Balaban J connectivity index is 2.10. The number of hydrogen-bond donors (Lipinski definition) is 1. The van der Waals surface area contributed by atoms with Crippen LogP contribution in [0.3, 0.4) is 0 Å². The molecule has 0 aliphatic rings. The Hall–Kier alpha value is -3.53. The van der Waals surface area contributed by atoms with E-state index >= 15 is 0 Å². The molecule has 0 bridgehead atoms. The van der Waals surface area contributed by atoms with E-state index in [4.69, 9.17) is 0 Å². The maximum atomic E-state index is 11.9. The predicted octanol–water partition coefficient (Wildman–Crippen LogP) is 4.05. The highest BCUT2D eigenvalue weighted by atomic mass is 16.3. The summed E-state index contributed by atoms with van der Waals surface area (Å²) in [5.41, 5.74) is 2.22. The molecule has 25 heavy (non-hydrogen) atoms. The highest BCUT2D eigenvalue weighted by molar-refractivity contribution is 6.03. The Kier molecular flexibility index (Phi) is 6.37. The summed E-state index contributed by atoms with van der Waals surface area (Å²) in [6.45, 7) is 0. The molecule has 124 valence electrons. The largest absolute Gasteiger partial charge is 0.508 e. The van der Waals surface area contributed by atoms with Gasteiger partial charge in [0.1, 0.15) is 5.76 Å². The van der Waals surface area contributed by atoms with Crippen molar-refractivity contribution in [3.63, 3.8) is 0 Å². The molecule has 0 amide bonds. The number of benzene rings is 2. The molecule has 0 radical (unpaired) electrons. The van der Waals surface area contributed by atoms with Crippen LogP contribution in [0.5, 0.6) is 0 Å². The Morgan fingerprint density at radius 3 is 1.64 bits per heavy atom. The molecule has 4 heteroatoms. The third-order valence-electron chi connectivity index (χ3n) is 3.40. The Morgan fingerprint density at radius 1 is 0.720 bits per heavy atom. The second-order valence-electron chi connectivity index (χ2n) is 5.13. The van der Waals surface area contributed by atoms with Gasteiger partial charge in [0, 0.05) is 17.2 Å². The quantitative estimate of drug-likeness (QED) is 0.359. The third-order valence-corrected chi connectivity index (χ3v) is 3.40. The summed E-state index contributed by atoms with van der Waals surface area (Å²) >= 11 is 0. The molecule has 0 aliphatic heterocycles. The summed E-state index contributed by atoms with van der Waals surface area (Å²) in [6, 6.07) is 13.8. The minimum Gasteiger partial charge on any atom is -0.508 e. The van der Waals surface area contributed by atoms with Crippen LogP contribution in [0.25, 0.3) is 12.2 Å². The van der Waals surface area contributed by atoms with Gasteiger partial charge in [-0.05, 0) is 23.3 Å². The van der Waals surface area contributed by atoms with Crippen LogP contribution in [0.15, 0.2) is 72.5 Å². The minimum absolute atomic E-state index is 0.237. The van der Waals surface area contributed by atoms with Crippen LogP contribution in [0.1, 0.15) is 31.8 Å². The van der Waals surface area contributed by atoms with Gasteiger partial charge in [-0.2, -0.15) is 0 Å². The molecule has 0 heterocycles. The first kappa shape index (κ1) is 17.8. The number of aliphatic hydroxyl groups excluding tert-OH is 1. The van der Waals surface area contributed by atoms with Gasteiger partial charge in [-0.1, -0.05) is 60.7 Å². The minimum atomic E-state index is -0.425. The van der Waals surface area contributed by atoms with Crippen LogP contribution in [0, 0.1) is 0 Å². The molecule has 4 nitrogen and oxygen atoms in total. The van der Waals surface area contributed by atoms with E-state index in [-0.39, 0.29) is 5.76 Å². The van der Waals surface area contributed by atoms with Gasteiger partial charge in [-0.15, -0.1) is 0 Å². The van der Waals surface area contributed by atoms with Gasteiger partial charge in [0.25, 0.3) is 0 Å². The lowest BCUT2D eigenvalue weighted by atomic mass is 10.1. The van der Waals surface area contributed by atoms with Crippen molar-refractivity contribution < 1.29 is 19.5 Å². The highest BCUT2D eigenvalue weighted by Crippen LogP contribution is 2.10. The molecular weight excluding hydrogens is 316 g/mol. The summed E-state index contributed by atoms with van der Waals surface area (Å²) in [5.74, 6) is -0.662. The Labute approximate surface area is 145 Å². The topological polar surface area (TPSA) is 71.4 Å². The second-order valence-corrected chi connectivity index (χ2v) is 5.13. The monoisotopic (exact) mass is 332 g/mol. The molecule has 1 N–H and O–H groups in total. The van der Waals surface area contributed by atoms with Crippen molar-refractivity contribution in [2.45, 2.75) is 0 Å². The molecular formula is C21H16O4. The lowest BCUT2D eigenvalue weighted by Gasteiger charge is -1.97. The predicted molar refractivity (Wildman–Crippen MR) is 97.4 cm³/mol. The zero-order valence-corrected chi connectivity index (χ0v) is 13.3. The number of aldehydes is 2. The first-order chi connectivity index (χ1) is 12.1. The lowest BCUT2D eigenvalue weighted by Crippen LogP contribution is -1.90. The number of carbonyl (C=O) groups excluding carboxylic acids is 3. The van der Waals surface area contributed by atoms with Gasteiger partial charge in [0.2, 0.25) is 0 Å². The normalized spacial score (nSPS) is 11.8. The van der Waals surface area contributed by atoms with E-state index in [0.717, 1.165) is 12.4 Å². The van der Waals surface area contributed by atoms with Crippen LogP contribution >= 0.6 is 0 Å². The van der Waals surface area contributed by atoms with Crippen molar-refractivity contribution in [1.29, 1.82) is 0 Å². The molecule has 0 fully saturated rings. The van der Waals surface area contributed by atoms with Gasteiger partial charge in [0.05, 0.1) is 0 Å². The molecule has 0 unspecified atom stereocenters. The van der Waals surface area contributed by atoms with E-state index in [1.807, 2.05) is 0 Å². The molecule has 0 spiro atoms. The van der Waals surface area contributed by atoms with E-state index in [1.165, 1.54) is 18.2 Å². The van der Waals surface area contributed by atoms with Crippen molar-refractivity contribution in [3.8, 4) is 0 Å². The van der Waals surface area contributed by atoms with E-state index < -0.39 is 5.78 Å². The molecule has 0 aliphatic carbocycles. The molecule has 2 rings (SSSR count). The smallest absolute Gasteiger partial charge is 0.182 e. The number of allylic oxidation sites excluding steroid dienone is 3. The van der Waals surface area contributed by atoms with E-state index in [0.29, 0.717) is 28.5 Å². The summed E-state index contributed by atoms with van der Waals surface area (Å²) < 4.78 is 0. The number of aliphatic hydroxyl groups is 1. The van der Waals surface area contributed by atoms with Crippen LogP contribution in [0.4, 0.5) is 0 Å². The van der Waals surface area contributed by atoms with Gasteiger partial charge < -0.3 is 5.11 Å². The van der Waals surface area contributed by atoms with Crippen LogP contribution in [0.2, 0.25) is 0 Å². The fourth-order valence-electron chi connectivity index (χ4n) is 2.13. The number of ketones is 1. The zero-order chi connectivity index (χ0) is 18.1. The maximum Gasteiger partial charge on any atom is 0.182 e. The highest BCUT2D eigenvalue weighted by Gasteiger charge is 1.99. The first-order valence-corrected chi connectivity index (χ1v) is 7.53. The van der Waals surface area contributed by atoms with Crippen LogP contribution < -0.4 is 0 Å². The molecule has 0 aromatic heterocycles. The Bertz CT molecular complexity index is 873. The summed E-state index contributed by atoms with van der Waals surface area (Å²) in [5, 5.41) is 9.82. The number of hydrogen-bond acceptors (Lipinski definition) is 4. The van der Waals surface area contributed by atoms with Gasteiger partial charge in [-0.3, -0.25) is 14.4 Å². The first-order valence-electron chi connectivity index (χ1n) is 7.53. The standard InChI is InChI=1S/C21H16O4/c22-14-18-7-3-1-5-16(18)9-11-20(24)13-21(25)12-10-17-6-2-4-8-19(17)15-23/h1-15,24H/b11-9+,12-10+,20-13-.